The summed E-state index contributed by atoms with van der Waals surface area (Å²) in [5.74, 6) is 0. The fourth-order valence-electron chi connectivity index (χ4n) is 23.5. The lowest BCUT2D eigenvalue weighted by atomic mass is 10.1. The molecule has 0 aliphatic carbocycles. The van der Waals surface area contributed by atoms with Crippen molar-refractivity contribution in [2.75, 3.05) is 0 Å². The molecule has 12 heterocycles. The summed E-state index contributed by atoms with van der Waals surface area (Å²) < 4.78 is 28.7. The van der Waals surface area contributed by atoms with Crippen LogP contribution >= 0.6 is 0 Å². The fraction of sp³-hybridized carbons (Fsp3) is 0.238. The molecule has 0 N–H and O–H groups in total. The molecule has 0 radical (unpaired) electrons. The number of para-hydroxylation sites is 12. The molecule has 24 aromatic rings. The number of hydrogen-bond donors (Lipinski definition) is 0. The van der Waals surface area contributed by atoms with Crippen molar-refractivity contribution >= 4 is 132 Å². The number of aromatic nitrogens is 12. The Bertz CT molecular complexity index is 8330. The Morgan fingerprint density at radius 3 is 0.667 bits per heavy atom. The summed E-state index contributed by atoms with van der Waals surface area (Å²) in [6, 6.07) is 91.5. The van der Waals surface area contributed by atoms with Gasteiger partial charge in [0.05, 0.1) is 89.3 Å². The molecule has 0 aliphatic rings. The predicted octanol–water partition coefficient (Wildman–Crippen LogP) is 32.1. The zero-order valence-electron chi connectivity index (χ0n) is 86.6. The molecule has 0 fully saturated rings. The highest BCUT2D eigenvalue weighted by Gasteiger charge is 2.30. The SMILES string of the molecule is Cc1cccc(C)c1-n1c(C)c(C)c2c1c1ccccc1n2C.Cc1cccc(C)c1-n1c(C)c(C)c2c3ccccc3n(C)c21.Cc1cccc(C)c1-n1c(C)c(C)c2c3ccccc3n(C)c21.Cc1cccc(C)c1-n1c2ccccc2c2c(C)c(C)n(C)c21.Cc1cccc(C)c1-n1c2ccccc2c2c(C)c(C)n(C)c21.Cc1cccc(C)c1-n1c2ccccc2c2c1c(C)c(C)n2C. The first-order valence-corrected chi connectivity index (χ1v) is 48.8. The number of hydrogen-bond acceptors (Lipinski definition) is 0. The molecule has 0 atom stereocenters. The minimum atomic E-state index is 1.29. The van der Waals surface area contributed by atoms with Crippen LogP contribution in [0.1, 0.15) is 134 Å². The van der Waals surface area contributed by atoms with Crippen LogP contribution < -0.4 is 0 Å². The first-order chi connectivity index (χ1) is 66.1. The molecule has 0 unspecified atom stereocenters. The van der Waals surface area contributed by atoms with Crippen molar-refractivity contribution in [2.45, 2.75) is 166 Å². The number of benzene rings is 12. The van der Waals surface area contributed by atoms with E-state index in [1.54, 1.807) is 0 Å². The van der Waals surface area contributed by atoms with E-state index in [1.165, 1.54) is 300 Å². The molecule has 12 nitrogen and oxygen atoms in total. The average molecular weight is 1810 g/mol. The van der Waals surface area contributed by atoms with Gasteiger partial charge in [0.1, 0.15) is 22.6 Å². The van der Waals surface area contributed by atoms with E-state index in [0.717, 1.165) is 0 Å². The lowest BCUT2D eigenvalue weighted by Crippen LogP contribution is -2.05. The highest BCUT2D eigenvalue weighted by molar-refractivity contribution is 6.15. The Morgan fingerprint density at radius 2 is 0.348 bits per heavy atom. The monoisotopic (exact) mass is 1810 g/mol. The van der Waals surface area contributed by atoms with Crippen molar-refractivity contribution < 1.29 is 0 Å². The Kier molecular flexibility index (Phi) is 23.6. The summed E-state index contributed by atoms with van der Waals surface area (Å²) in [5, 5.41) is 13.5. The maximum absolute atomic E-state index is 2.46. The first kappa shape index (κ1) is 92.2. The lowest BCUT2D eigenvalue weighted by Gasteiger charge is -2.15. The van der Waals surface area contributed by atoms with Crippen molar-refractivity contribution in [3.63, 3.8) is 0 Å². The van der Waals surface area contributed by atoms with Crippen LogP contribution in [0.5, 0.6) is 0 Å². The number of rotatable bonds is 6. The van der Waals surface area contributed by atoms with Gasteiger partial charge in [-0.25, -0.2) is 0 Å². The summed E-state index contributed by atoms with van der Waals surface area (Å²) >= 11 is 0. The molecule has 0 aliphatic heterocycles. The van der Waals surface area contributed by atoms with Crippen LogP contribution in [0.4, 0.5) is 0 Å². The van der Waals surface area contributed by atoms with E-state index in [4.69, 9.17) is 0 Å². The largest absolute Gasteiger partial charge is 0.346 e. The molecule has 12 aromatic carbocycles. The third-order valence-corrected chi connectivity index (χ3v) is 31.4. The van der Waals surface area contributed by atoms with E-state index in [0.29, 0.717) is 0 Å². The molecule has 12 aromatic heterocycles. The molecule has 138 heavy (non-hydrogen) atoms. The maximum Gasteiger partial charge on any atom is 0.126 e. The minimum Gasteiger partial charge on any atom is -0.346 e. The van der Waals surface area contributed by atoms with Crippen molar-refractivity contribution in [1.29, 1.82) is 0 Å². The molecule has 0 spiro atoms. The lowest BCUT2D eigenvalue weighted by molar-refractivity contribution is 0.877. The van der Waals surface area contributed by atoms with Gasteiger partial charge >= 0.3 is 0 Å². The molecule has 24 rings (SSSR count). The van der Waals surface area contributed by atoms with Crippen LogP contribution in [-0.2, 0) is 42.3 Å². The van der Waals surface area contributed by atoms with Gasteiger partial charge in [-0.3, -0.25) is 18.3 Å². The molecule has 0 saturated carbocycles. The van der Waals surface area contributed by atoms with Gasteiger partial charge in [0.25, 0.3) is 0 Å². The summed E-state index contributed by atoms with van der Waals surface area (Å²) in [7, 11) is 13.0. The Balaban J connectivity index is 0.000000106. The Morgan fingerprint density at radius 1 is 0.138 bits per heavy atom. The van der Waals surface area contributed by atoms with Gasteiger partial charge in [0, 0.05) is 130 Å². The summed E-state index contributed by atoms with van der Waals surface area (Å²) in [6.07, 6.45) is 0. The highest BCUT2D eigenvalue weighted by atomic mass is 15.2. The minimum absolute atomic E-state index is 1.29. The highest BCUT2D eigenvalue weighted by Crippen LogP contribution is 2.46. The maximum atomic E-state index is 2.46. The van der Waals surface area contributed by atoms with Crippen LogP contribution in [0.3, 0.4) is 0 Å². The number of nitrogens with zero attached hydrogens (tertiary/aromatic N) is 12. The van der Waals surface area contributed by atoms with Crippen molar-refractivity contribution in [2.24, 2.45) is 42.3 Å². The molecule has 0 amide bonds. The summed E-state index contributed by atoms with van der Waals surface area (Å²) in [5.41, 5.74) is 58.1. The van der Waals surface area contributed by atoms with Crippen molar-refractivity contribution in [3.05, 3.63) is 389 Å². The molecule has 0 saturated heterocycles. The van der Waals surface area contributed by atoms with Gasteiger partial charge in [-0.1, -0.05) is 218 Å². The van der Waals surface area contributed by atoms with E-state index in [-0.39, 0.29) is 0 Å². The van der Waals surface area contributed by atoms with E-state index in [2.05, 4.69) is 518 Å². The molecular formula is C126H132N12. The van der Waals surface area contributed by atoms with Gasteiger partial charge in [0.2, 0.25) is 0 Å². The quantitative estimate of drug-likeness (QED) is 0.159. The molecule has 696 valence electrons. The van der Waals surface area contributed by atoms with Crippen LogP contribution in [-0.4, -0.2) is 54.8 Å². The number of aryl methyl sites for hydroxylation is 24. The first-order valence-electron chi connectivity index (χ1n) is 48.8. The van der Waals surface area contributed by atoms with Crippen molar-refractivity contribution in [1.82, 2.24) is 54.8 Å². The second-order valence-electron chi connectivity index (χ2n) is 39.4. The van der Waals surface area contributed by atoms with Crippen molar-refractivity contribution in [3.8, 4) is 34.1 Å². The second kappa shape index (κ2) is 35.4. The van der Waals surface area contributed by atoms with Crippen LogP contribution in [0.2, 0.25) is 0 Å². The zero-order chi connectivity index (χ0) is 97.8. The average Bonchev–Trinajstić information content (AvgIpc) is 1.57. The van der Waals surface area contributed by atoms with Gasteiger partial charge in [0.15, 0.2) is 0 Å². The number of fused-ring (bicyclic) bond motifs is 18. The fourth-order valence-corrected chi connectivity index (χ4v) is 23.5. The van der Waals surface area contributed by atoms with E-state index in [9.17, 15) is 0 Å². The smallest absolute Gasteiger partial charge is 0.126 e. The van der Waals surface area contributed by atoms with E-state index in [1.807, 2.05) is 0 Å². The second-order valence-corrected chi connectivity index (χ2v) is 39.4. The van der Waals surface area contributed by atoms with Crippen LogP contribution in [0, 0.1) is 166 Å². The van der Waals surface area contributed by atoms with Gasteiger partial charge in [-0.15, -0.1) is 0 Å². The predicted molar refractivity (Wildman–Crippen MR) is 592 cm³/mol. The van der Waals surface area contributed by atoms with Crippen LogP contribution in [0.25, 0.3) is 166 Å². The summed E-state index contributed by atoms with van der Waals surface area (Å²) in [4.78, 5) is 0. The van der Waals surface area contributed by atoms with E-state index >= 15 is 0 Å². The third-order valence-electron chi connectivity index (χ3n) is 31.4. The topological polar surface area (TPSA) is 59.2 Å². The summed E-state index contributed by atoms with van der Waals surface area (Å²) in [6.45, 7) is 53.2. The van der Waals surface area contributed by atoms with Gasteiger partial charge in [-0.2, -0.15) is 0 Å². The van der Waals surface area contributed by atoms with Crippen LogP contribution in [0.15, 0.2) is 255 Å². The molecule has 12 heteroatoms. The Labute approximate surface area is 812 Å². The van der Waals surface area contributed by atoms with Gasteiger partial charge in [-0.05, 0) is 303 Å². The molecule has 0 bridgehead atoms. The normalized spacial score (nSPS) is 11.7. The van der Waals surface area contributed by atoms with Gasteiger partial charge < -0.3 is 36.5 Å². The third kappa shape index (κ3) is 14.2. The zero-order valence-corrected chi connectivity index (χ0v) is 86.6. The Hall–Kier alpha value is -14.9. The van der Waals surface area contributed by atoms with E-state index < -0.39 is 0 Å². The standard InChI is InChI=1S/6C21H22N2/c2*1-13-9-8-10-14(2)20(13)23-16(4)15(3)19-17-11-6-7-12-18(17)22(5)21(19)23;2*1-13-9-8-10-14(2)20(13)23-18-12-7-6-11-17(18)19-15(3)16(4)22(5)21(19)23;1-13-9-8-10-14(2)19(13)23-16(4)15(3)20-21(23)17-11-6-7-12-18(17)22(20)5;1-13-9-8-10-14(2)19(13)23-18-12-7-6-11-17(18)21-20(23)15(3)16(4)22(21)5/h6*6-12H,1-5H3. The molecular weight excluding hydrogens is 1680 g/mol.